The Morgan fingerprint density at radius 1 is 1.19 bits per heavy atom. The quantitative estimate of drug-likeness (QED) is 0.748. The van der Waals surface area contributed by atoms with Crippen molar-refractivity contribution in [2.75, 3.05) is 31.9 Å². The minimum absolute atomic E-state index is 0.157. The van der Waals surface area contributed by atoms with Crippen LogP contribution in [0.4, 0.5) is 0 Å². The molecule has 2 saturated heterocycles. The van der Waals surface area contributed by atoms with Gasteiger partial charge in [-0.3, -0.25) is 4.90 Å². The van der Waals surface area contributed by atoms with Crippen molar-refractivity contribution < 1.29 is 13.2 Å². The van der Waals surface area contributed by atoms with Crippen LogP contribution in [-0.2, 0) is 14.8 Å². The fourth-order valence-corrected chi connectivity index (χ4v) is 5.45. The SMILES string of the molecule is CCCCS(=O)(=O)N1CCCC1CN1CC(C)OC(C)C1. The fraction of sp³-hybridized carbons (Fsp3) is 1.00. The topological polar surface area (TPSA) is 49.9 Å². The van der Waals surface area contributed by atoms with E-state index in [2.05, 4.69) is 18.7 Å². The van der Waals surface area contributed by atoms with Crippen LogP contribution in [0.15, 0.2) is 0 Å². The van der Waals surface area contributed by atoms with E-state index in [0.717, 1.165) is 45.3 Å². The first-order valence-corrected chi connectivity index (χ1v) is 9.90. The summed E-state index contributed by atoms with van der Waals surface area (Å²) in [7, 11) is -3.07. The summed E-state index contributed by atoms with van der Waals surface area (Å²) in [5.41, 5.74) is 0. The van der Waals surface area contributed by atoms with E-state index < -0.39 is 10.0 Å². The Balaban J connectivity index is 1.95. The predicted octanol–water partition coefficient (Wildman–Crippen LogP) is 1.69. The molecule has 3 unspecified atom stereocenters. The third-order valence-corrected chi connectivity index (χ3v) is 6.40. The summed E-state index contributed by atoms with van der Waals surface area (Å²) in [6, 6.07) is 0.157. The molecule has 3 atom stereocenters. The molecule has 0 N–H and O–H groups in total. The number of sulfonamides is 1. The van der Waals surface area contributed by atoms with Gasteiger partial charge in [0.1, 0.15) is 0 Å². The fourth-order valence-electron chi connectivity index (χ4n) is 3.53. The second kappa shape index (κ2) is 7.40. The van der Waals surface area contributed by atoms with Gasteiger partial charge in [-0.15, -0.1) is 0 Å². The van der Waals surface area contributed by atoms with Crippen molar-refractivity contribution in [2.24, 2.45) is 0 Å². The van der Waals surface area contributed by atoms with Crippen LogP contribution in [0.2, 0.25) is 0 Å². The molecule has 2 heterocycles. The zero-order valence-electron chi connectivity index (χ0n) is 13.6. The maximum absolute atomic E-state index is 12.5. The normalized spacial score (nSPS) is 32.6. The van der Waals surface area contributed by atoms with Gasteiger partial charge in [-0.05, 0) is 33.1 Å². The summed E-state index contributed by atoms with van der Waals surface area (Å²) in [6.45, 7) is 9.58. The maximum atomic E-state index is 12.5. The van der Waals surface area contributed by atoms with Crippen molar-refractivity contribution in [1.82, 2.24) is 9.21 Å². The summed E-state index contributed by atoms with van der Waals surface area (Å²) in [4.78, 5) is 2.37. The molecule has 2 rings (SSSR count). The van der Waals surface area contributed by atoms with Crippen molar-refractivity contribution >= 4 is 10.0 Å². The zero-order chi connectivity index (χ0) is 15.5. The molecule has 0 aromatic carbocycles. The molecule has 2 aliphatic rings. The van der Waals surface area contributed by atoms with Crippen LogP contribution in [0.3, 0.4) is 0 Å². The second-order valence-electron chi connectivity index (χ2n) is 6.55. The number of nitrogens with zero attached hydrogens (tertiary/aromatic N) is 2. The number of morpholine rings is 1. The summed E-state index contributed by atoms with van der Waals surface area (Å²) in [5.74, 6) is 0.302. The van der Waals surface area contributed by atoms with Crippen LogP contribution in [0.25, 0.3) is 0 Å². The molecule has 0 bridgehead atoms. The van der Waals surface area contributed by atoms with Gasteiger partial charge in [0.2, 0.25) is 10.0 Å². The van der Waals surface area contributed by atoms with E-state index in [9.17, 15) is 8.42 Å². The van der Waals surface area contributed by atoms with E-state index in [0.29, 0.717) is 12.3 Å². The number of unbranched alkanes of at least 4 members (excludes halogenated alkanes) is 1. The van der Waals surface area contributed by atoms with Gasteiger partial charge in [-0.25, -0.2) is 8.42 Å². The Bertz CT molecular complexity index is 417. The number of hydrogen-bond acceptors (Lipinski definition) is 4. The summed E-state index contributed by atoms with van der Waals surface area (Å²) >= 11 is 0. The molecule has 6 heteroatoms. The third kappa shape index (κ3) is 4.65. The van der Waals surface area contributed by atoms with E-state index in [1.54, 1.807) is 4.31 Å². The minimum Gasteiger partial charge on any atom is -0.373 e. The Morgan fingerprint density at radius 2 is 1.86 bits per heavy atom. The molecular weight excluding hydrogens is 288 g/mol. The van der Waals surface area contributed by atoms with Gasteiger partial charge in [0.15, 0.2) is 0 Å². The van der Waals surface area contributed by atoms with E-state index >= 15 is 0 Å². The maximum Gasteiger partial charge on any atom is 0.214 e. The van der Waals surface area contributed by atoms with Crippen molar-refractivity contribution in [1.29, 1.82) is 0 Å². The summed E-state index contributed by atoms with van der Waals surface area (Å²) in [5, 5.41) is 0. The van der Waals surface area contributed by atoms with Crippen LogP contribution >= 0.6 is 0 Å². The first-order valence-electron chi connectivity index (χ1n) is 8.29. The van der Waals surface area contributed by atoms with Crippen LogP contribution in [0.1, 0.15) is 46.5 Å². The Morgan fingerprint density at radius 3 is 2.48 bits per heavy atom. The highest BCUT2D eigenvalue weighted by Gasteiger charge is 2.35. The number of hydrogen-bond donors (Lipinski definition) is 0. The molecule has 0 aromatic heterocycles. The van der Waals surface area contributed by atoms with Gasteiger partial charge in [0, 0.05) is 32.2 Å². The van der Waals surface area contributed by atoms with Crippen LogP contribution < -0.4 is 0 Å². The standard InChI is InChI=1S/C15H30N2O3S/c1-4-5-9-21(18,19)17-8-6-7-15(17)12-16-10-13(2)20-14(3)11-16/h13-15H,4-12H2,1-3H3. The molecule has 21 heavy (non-hydrogen) atoms. The van der Waals surface area contributed by atoms with Gasteiger partial charge in [0.05, 0.1) is 18.0 Å². The molecule has 0 spiro atoms. The molecular formula is C15H30N2O3S. The predicted molar refractivity (Wildman–Crippen MR) is 84.9 cm³/mol. The number of ether oxygens (including phenoxy) is 1. The average Bonchev–Trinajstić information content (AvgIpc) is 2.84. The van der Waals surface area contributed by atoms with Crippen LogP contribution in [-0.4, -0.2) is 67.8 Å². The third-order valence-electron chi connectivity index (χ3n) is 4.40. The molecule has 0 amide bonds. The van der Waals surface area contributed by atoms with Crippen molar-refractivity contribution in [3.63, 3.8) is 0 Å². The number of rotatable bonds is 6. The average molecular weight is 318 g/mol. The van der Waals surface area contributed by atoms with Crippen molar-refractivity contribution in [2.45, 2.75) is 64.7 Å². The minimum atomic E-state index is -3.07. The molecule has 0 saturated carbocycles. The molecule has 2 fully saturated rings. The van der Waals surface area contributed by atoms with Gasteiger partial charge in [-0.1, -0.05) is 13.3 Å². The van der Waals surface area contributed by atoms with Crippen molar-refractivity contribution in [3.05, 3.63) is 0 Å². The lowest BCUT2D eigenvalue weighted by Crippen LogP contribution is -2.51. The largest absolute Gasteiger partial charge is 0.373 e. The van der Waals surface area contributed by atoms with Gasteiger partial charge >= 0.3 is 0 Å². The Labute approximate surface area is 129 Å². The first-order chi connectivity index (χ1) is 9.92. The molecule has 2 aliphatic heterocycles. The highest BCUT2D eigenvalue weighted by molar-refractivity contribution is 7.89. The lowest BCUT2D eigenvalue weighted by molar-refractivity contribution is -0.0707. The smallest absolute Gasteiger partial charge is 0.214 e. The Kier molecular flexibility index (Phi) is 6.05. The molecule has 0 aromatic rings. The summed E-state index contributed by atoms with van der Waals surface area (Å²) in [6.07, 6.45) is 4.14. The van der Waals surface area contributed by atoms with Gasteiger partial charge < -0.3 is 4.74 Å². The zero-order valence-corrected chi connectivity index (χ0v) is 14.4. The highest BCUT2D eigenvalue weighted by Crippen LogP contribution is 2.24. The van der Waals surface area contributed by atoms with E-state index in [4.69, 9.17) is 4.74 Å². The Hall–Kier alpha value is -0.170. The highest BCUT2D eigenvalue weighted by atomic mass is 32.2. The molecule has 124 valence electrons. The first kappa shape index (κ1) is 17.2. The monoisotopic (exact) mass is 318 g/mol. The van der Waals surface area contributed by atoms with Crippen molar-refractivity contribution in [3.8, 4) is 0 Å². The molecule has 5 nitrogen and oxygen atoms in total. The molecule has 0 radical (unpaired) electrons. The summed E-state index contributed by atoms with van der Waals surface area (Å²) < 4.78 is 32.4. The van der Waals surface area contributed by atoms with E-state index in [-0.39, 0.29) is 18.2 Å². The van der Waals surface area contributed by atoms with Crippen LogP contribution in [0.5, 0.6) is 0 Å². The van der Waals surface area contributed by atoms with Crippen LogP contribution in [0, 0.1) is 0 Å². The lowest BCUT2D eigenvalue weighted by atomic mass is 10.1. The van der Waals surface area contributed by atoms with E-state index in [1.165, 1.54) is 0 Å². The lowest BCUT2D eigenvalue weighted by Gasteiger charge is -2.38. The van der Waals surface area contributed by atoms with Gasteiger partial charge in [-0.2, -0.15) is 4.31 Å². The molecule has 0 aliphatic carbocycles. The van der Waals surface area contributed by atoms with Gasteiger partial charge in [0.25, 0.3) is 0 Å². The van der Waals surface area contributed by atoms with E-state index in [1.807, 2.05) is 6.92 Å². The second-order valence-corrected chi connectivity index (χ2v) is 8.59.